The number of hydrogen-bond donors (Lipinski definition) is 1. The molecule has 3 nitrogen and oxygen atoms in total. The first-order chi connectivity index (χ1) is 7.77. The van der Waals surface area contributed by atoms with Gasteiger partial charge < -0.3 is 14.5 Å². The Morgan fingerprint density at radius 1 is 1.44 bits per heavy atom. The number of furan rings is 1. The summed E-state index contributed by atoms with van der Waals surface area (Å²) in [6.07, 6.45) is 4.10. The van der Waals surface area contributed by atoms with Crippen LogP contribution < -0.4 is 5.32 Å². The van der Waals surface area contributed by atoms with Crippen molar-refractivity contribution in [3.05, 3.63) is 23.7 Å². The highest BCUT2D eigenvalue weighted by Crippen LogP contribution is 2.19. The summed E-state index contributed by atoms with van der Waals surface area (Å²) in [4.78, 5) is 0. The molecule has 2 heterocycles. The van der Waals surface area contributed by atoms with Crippen molar-refractivity contribution >= 4 is 0 Å². The average Bonchev–Trinajstić information content (AvgIpc) is 2.73. The first-order valence-electron chi connectivity index (χ1n) is 6.11. The van der Waals surface area contributed by atoms with E-state index in [1.165, 1.54) is 18.4 Å². The van der Waals surface area contributed by atoms with Crippen LogP contribution in [0.15, 0.2) is 16.7 Å². The van der Waals surface area contributed by atoms with Crippen molar-refractivity contribution in [1.82, 2.24) is 5.32 Å². The minimum atomic E-state index is 0.536. The molecule has 1 aliphatic rings. The van der Waals surface area contributed by atoms with E-state index < -0.39 is 0 Å². The van der Waals surface area contributed by atoms with E-state index >= 15 is 0 Å². The lowest BCUT2D eigenvalue weighted by Gasteiger charge is -2.28. The van der Waals surface area contributed by atoms with Crippen molar-refractivity contribution in [1.29, 1.82) is 0 Å². The highest BCUT2D eigenvalue weighted by atomic mass is 16.5. The smallest absolute Gasteiger partial charge is 0.120 e. The van der Waals surface area contributed by atoms with Crippen molar-refractivity contribution in [2.75, 3.05) is 13.2 Å². The Morgan fingerprint density at radius 2 is 2.19 bits per heavy atom. The van der Waals surface area contributed by atoms with Crippen molar-refractivity contribution in [3.63, 3.8) is 0 Å². The molecule has 0 aromatic carbocycles. The lowest BCUT2D eigenvalue weighted by Crippen LogP contribution is -2.36. The first kappa shape index (κ1) is 11.7. The van der Waals surface area contributed by atoms with Crippen LogP contribution in [0.4, 0.5) is 0 Å². The van der Waals surface area contributed by atoms with Gasteiger partial charge in [0.15, 0.2) is 0 Å². The van der Waals surface area contributed by atoms with Crippen molar-refractivity contribution < 1.29 is 9.15 Å². The summed E-state index contributed by atoms with van der Waals surface area (Å²) >= 11 is 0. The van der Waals surface area contributed by atoms with Gasteiger partial charge in [0.1, 0.15) is 5.76 Å². The summed E-state index contributed by atoms with van der Waals surface area (Å²) in [5.41, 5.74) is 1.23. The second kappa shape index (κ2) is 5.51. The Morgan fingerprint density at radius 3 is 2.81 bits per heavy atom. The molecule has 1 atom stereocenters. The molecule has 1 aromatic heterocycles. The van der Waals surface area contributed by atoms with E-state index in [1.807, 2.05) is 6.07 Å². The minimum Gasteiger partial charge on any atom is -0.468 e. The van der Waals surface area contributed by atoms with E-state index in [1.54, 1.807) is 6.26 Å². The summed E-state index contributed by atoms with van der Waals surface area (Å²) in [7, 11) is 0. The maximum atomic E-state index is 5.41. The molecule has 1 unspecified atom stereocenters. The molecule has 0 aliphatic carbocycles. The maximum Gasteiger partial charge on any atom is 0.120 e. The van der Waals surface area contributed by atoms with Gasteiger partial charge in [0, 0.05) is 19.3 Å². The SMILES string of the molecule is Cc1ccoc1CNC(C)C1CCOCC1. The molecule has 3 heteroatoms. The van der Waals surface area contributed by atoms with E-state index in [0.29, 0.717) is 6.04 Å². The van der Waals surface area contributed by atoms with Crippen molar-refractivity contribution in [2.45, 2.75) is 39.3 Å². The van der Waals surface area contributed by atoms with E-state index in [4.69, 9.17) is 9.15 Å². The lowest BCUT2D eigenvalue weighted by molar-refractivity contribution is 0.0555. The Balaban J connectivity index is 1.78. The average molecular weight is 223 g/mol. The largest absolute Gasteiger partial charge is 0.468 e. The molecule has 2 rings (SSSR count). The fourth-order valence-corrected chi connectivity index (χ4v) is 2.22. The molecule has 90 valence electrons. The standard InChI is InChI=1S/C13H21NO2/c1-10-3-8-16-13(10)9-14-11(2)12-4-6-15-7-5-12/h3,8,11-12,14H,4-7,9H2,1-2H3. The predicted octanol–water partition coefficient (Wildman–Crippen LogP) is 2.49. The normalized spacial score (nSPS) is 19.9. The third-order valence-electron chi connectivity index (χ3n) is 3.53. The molecule has 0 bridgehead atoms. The minimum absolute atomic E-state index is 0.536. The van der Waals surface area contributed by atoms with Gasteiger partial charge in [0.25, 0.3) is 0 Å². The number of hydrogen-bond acceptors (Lipinski definition) is 3. The van der Waals surface area contributed by atoms with Crippen LogP contribution in [0.3, 0.4) is 0 Å². The zero-order valence-corrected chi connectivity index (χ0v) is 10.2. The third kappa shape index (κ3) is 2.86. The lowest BCUT2D eigenvalue weighted by atomic mass is 9.93. The zero-order chi connectivity index (χ0) is 11.4. The van der Waals surface area contributed by atoms with Crippen LogP contribution in [-0.4, -0.2) is 19.3 Å². The summed E-state index contributed by atoms with van der Waals surface area (Å²) in [6, 6.07) is 2.55. The molecule has 0 radical (unpaired) electrons. The van der Waals surface area contributed by atoms with Crippen LogP contribution in [0.2, 0.25) is 0 Å². The van der Waals surface area contributed by atoms with Crippen LogP contribution in [0.5, 0.6) is 0 Å². The number of ether oxygens (including phenoxy) is 1. The van der Waals surface area contributed by atoms with E-state index in [0.717, 1.165) is 31.4 Å². The van der Waals surface area contributed by atoms with Crippen LogP contribution in [0.25, 0.3) is 0 Å². The first-order valence-corrected chi connectivity index (χ1v) is 6.11. The third-order valence-corrected chi connectivity index (χ3v) is 3.53. The molecule has 1 N–H and O–H groups in total. The summed E-state index contributed by atoms with van der Waals surface area (Å²) in [5, 5.41) is 3.55. The Labute approximate surface area is 97.2 Å². The van der Waals surface area contributed by atoms with E-state index in [9.17, 15) is 0 Å². The molecule has 1 saturated heterocycles. The number of rotatable bonds is 4. The number of aryl methyl sites for hydroxylation is 1. The van der Waals surface area contributed by atoms with Gasteiger partial charge in [-0.05, 0) is 44.2 Å². The van der Waals surface area contributed by atoms with Gasteiger partial charge in [-0.15, -0.1) is 0 Å². The van der Waals surface area contributed by atoms with Gasteiger partial charge in [0.05, 0.1) is 12.8 Å². The van der Waals surface area contributed by atoms with Gasteiger partial charge >= 0.3 is 0 Å². The van der Waals surface area contributed by atoms with Gasteiger partial charge in [-0.2, -0.15) is 0 Å². The summed E-state index contributed by atoms with van der Waals surface area (Å²) in [5.74, 6) is 1.79. The van der Waals surface area contributed by atoms with Crippen LogP contribution in [0.1, 0.15) is 31.1 Å². The number of nitrogens with one attached hydrogen (secondary N) is 1. The van der Waals surface area contributed by atoms with Crippen LogP contribution >= 0.6 is 0 Å². The van der Waals surface area contributed by atoms with Crippen LogP contribution in [0, 0.1) is 12.8 Å². The zero-order valence-electron chi connectivity index (χ0n) is 10.2. The highest BCUT2D eigenvalue weighted by Gasteiger charge is 2.20. The van der Waals surface area contributed by atoms with E-state index in [-0.39, 0.29) is 0 Å². The van der Waals surface area contributed by atoms with E-state index in [2.05, 4.69) is 19.2 Å². The molecule has 1 aliphatic heterocycles. The molecule has 1 aromatic rings. The molecular weight excluding hydrogens is 202 g/mol. The maximum absolute atomic E-state index is 5.41. The van der Waals surface area contributed by atoms with Crippen LogP contribution in [-0.2, 0) is 11.3 Å². The Kier molecular flexibility index (Phi) is 4.02. The second-order valence-corrected chi connectivity index (χ2v) is 4.65. The summed E-state index contributed by atoms with van der Waals surface area (Å²) in [6.45, 7) is 7.00. The Hall–Kier alpha value is -0.800. The summed E-state index contributed by atoms with van der Waals surface area (Å²) < 4.78 is 10.8. The molecule has 16 heavy (non-hydrogen) atoms. The van der Waals surface area contributed by atoms with Crippen molar-refractivity contribution in [2.24, 2.45) is 5.92 Å². The molecule has 0 amide bonds. The van der Waals surface area contributed by atoms with Gasteiger partial charge in [0.2, 0.25) is 0 Å². The molecule has 0 spiro atoms. The van der Waals surface area contributed by atoms with Crippen molar-refractivity contribution in [3.8, 4) is 0 Å². The van der Waals surface area contributed by atoms with Gasteiger partial charge in [-0.1, -0.05) is 0 Å². The fraction of sp³-hybridized carbons (Fsp3) is 0.692. The topological polar surface area (TPSA) is 34.4 Å². The predicted molar refractivity (Wildman–Crippen MR) is 63.3 cm³/mol. The Bertz CT molecular complexity index is 315. The fourth-order valence-electron chi connectivity index (χ4n) is 2.22. The molecular formula is C13H21NO2. The molecule has 0 saturated carbocycles. The quantitative estimate of drug-likeness (QED) is 0.851. The van der Waals surface area contributed by atoms with Gasteiger partial charge in [-0.3, -0.25) is 0 Å². The second-order valence-electron chi connectivity index (χ2n) is 4.65. The monoisotopic (exact) mass is 223 g/mol. The van der Waals surface area contributed by atoms with Gasteiger partial charge in [-0.25, -0.2) is 0 Å². The molecule has 1 fully saturated rings. The highest BCUT2D eigenvalue weighted by molar-refractivity contribution is 5.14.